The minimum Gasteiger partial charge on any atom is -0.324 e. The van der Waals surface area contributed by atoms with Crippen LogP contribution in [0, 0.1) is 0 Å². The summed E-state index contributed by atoms with van der Waals surface area (Å²) >= 11 is 0. The van der Waals surface area contributed by atoms with Gasteiger partial charge in [0.05, 0.1) is 0 Å². The van der Waals surface area contributed by atoms with Crippen LogP contribution in [0.4, 0.5) is 4.79 Å². The van der Waals surface area contributed by atoms with E-state index in [-0.39, 0.29) is 6.03 Å². The molecule has 0 bridgehead atoms. The Kier molecular flexibility index (Phi) is 2.25. The van der Waals surface area contributed by atoms with Crippen LogP contribution in [0.2, 0.25) is 0 Å². The average Bonchev–Trinajstić information content (AvgIpc) is 2.38. The Bertz CT molecular complexity index is 141. The lowest BCUT2D eigenvalue weighted by atomic mass is 10.4. The summed E-state index contributed by atoms with van der Waals surface area (Å²) in [5.41, 5.74) is 0. The van der Waals surface area contributed by atoms with Gasteiger partial charge in [-0.25, -0.2) is 4.79 Å². The van der Waals surface area contributed by atoms with Crippen LogP contribution in [0.25, 0.3) is 0 Å². The molecule has 0 atom stereocenters. The second kappa shape index (κ2) is 3.20. The molecule has 1 fully saturated rings. The third-order valence-electron chi connectivity index (χ3n) is 1.58. The Morgan fingerprint density at radius 3 is 2.50 bits per heavy atom. The highest BCUT2D eigenvalue weighted by molar-refractivity contribution is 5.84. The number of nitrogens with zero attached hydrogens (tertiary/aromatic N) is 1. The third kappa shape index (κ3) is 1.46. The zero-order valence-electron chi connectivity index (χ0n) is 5.67. The smallest absolute Gasteiger partial charge is 0.323 e. The average molecular weight is 142 g/mol. The van der Waals surface area contributed by atoms with Gasteiger partial charge in [-0.1, -0.05) is 0 Å². The topological polar surface area (TPSA) is 49.4 Å². The van der Waals surface area contributed by atoms with Gasteiger partial charge in [0.2, 0.25) is 6.41 Å². The number of hydrogen-bond acceptors (Lipinski definition) is 2. The van der Waals surface area contributed by atoms with Gasteiger partial charge in [-0.05, 0) is 12.8 Å². The Hall–Kier alpha value is -1.06. The second-order valence-electron chi connectivity index (χ2n) is 2.26. The Labute approximate surface area is 59.2 Å². The molecule has 0 aromatic rings. The SMILES string of the molecule is O=CNC(=O)N1CCCC1. The minimum atomic E-state index is -0.271. The maximum absolute atomic E-state index is 10.8. The van der Waals surface area contributed by atoms with Crippen LogP contribution >= 0.6 is 0 Å². The van der Waals surface area contributed by atoms with Gasteiger partial charge >= 0.3 is 6.03 Å². The molecule has 0 aromatic carbocycles. The molecule has 0 aliphatic carbocycles. The number of carbonyl (C=O) groups is 2. The van der Waals surface area contributed by atoms with E-state index in [1.165, 1.54) is 0 Å². The van der Waals surface area contributed by atoms with Gasteiger partial charge in [0.1, 0.15) is 0 Å². The van der Waals surface area contributed by atoms with E-state index >= 15 is 0 Å². The fraction of sp³-hybridized carbons (Fsp3) is 0.667. The minimum absolute atomic E-state index is 0.271. The van der Waals surface area contributed by atoms with Crippen molar-refractivity contribution in [2.45, 2.75) is 12.8 Å². The summed E-state index contributed by atoms with van der Waals surface area (Å²) in [7, 11) is 0. The molecule has 56 valence electrons. The number of rotatable bonds is 1. The second-order valence-corrected chi connectivity index (χ2v) is 2.26. The van der Waals surface area contributed by atoms with E-state index < -0.39 is 0 Å². The summed E-state index contributed by atoms with van der Waals surface area (Å²) in [4.78, 5) is 22.3. The number of amides is 3. The van der Waals surface area contributed by atoms with Crippen LogP contribution in [0.15, 0.2) is 0 Å². The molecule has 1 N–H and O–H groups in total. The van der Waals surface area contributed by atoms with Crippen LogP contribution in [0.3, 0.4) is 0 Å². The molecule has 0 aromatic heterocycles. The first-order chi connectivity index (χ1) is 4.84. The van der Waals surface area contributed by atoms with Crippen LogP contribution in [-0.4, -0.2) is 30.4 Å². The maximum atomic E-state index is 10.8. The highest BCUT2D eigenvalue weighted by atomic mass is 16.2. The van der Waals surface area contributed by atoms with E-state index in [0.717, 1.165) is 25.9 Å². The van der Waals surface area contributed by atoms with Crippen molar-refractivity contribution in [3.63, 3.8) is 0 Å². The number of carbonyl (C=O) groups excluding carboxylic acids is 2. The molecular formula is C6H10N2O2. The first-order valence-electron chi connectivity index (χ1n) is 3.33. The lowest BCUT2D eigenvalue weighted by molar-refractivity contribution is -0.108. The highest BCUT2D eigenvalue weighted by Crippen LogP contribution is 2.06. The predicted octanol–water partition coefficient (Wildman–Crippen LogP) is -0.0518. The molecule has 0 spiro atoms. The molecule has 0 radical (unpaired) electrons. The van der Waals surface area contributed by atoms with Gasteiger partial charge in [-0.2, -0.15) is 0 Å². The molecular weight excluding hydrogens is 132 g/mol. The lowest BCUT2D eigenvalue weighted by Gasteiger charge is -2.12. The first-order valence-corrected chi connectivity index (χ1v) is 3.33. The molecule has 4 nitrogen and oxygen atoms in total. The molecule has 4 heteroatoms. The van der Waals surface area contributed by atoms with Crippen LogP contribution in [0.5, 0.6) is 0 Å². The number of urea groups is 1. The Balaban J connectivity index is 2.32. The van der Waals surface area contributed by atoms with Gasteiger partial charge in [-0.15, -0.1) is 0 Å². The standard InChI is InChI=1S/C6H10N2O2/c9-5-7-6(10)8-3-1-2-4-8/h5H,1-4H2,(H,7,9,10). The Morgan fingerprint density at radius 1 is 1.40 bits per heavy atom. The fourth-order valence-electron chi connectivity index (χ4n) is 1.06. The van der Waals surface area contributed by atoms with Crippen LogP contribution in [-0.2, 0) is 4.79 Å². The quantitative estimate of drug-likeness (QED) is 0.522. The fourth-order valence-corrected chi connectivity index (χ4v) is 1.06. The molecule has 1 rings (SSSR count). The molecule has 10 heavy (non-hydrogen) atoms. The summed E-state index contributed by atoms with van der Waals surface area (Å²) in [5.74, 6) is 0. The number of imide groups is 1. The Morgan fingerprint density at radius 2 is 2.00 bits per heavy atom. The zero-order valence-corrected chi connectivity index (χ0v) is 5.67. The molecule has 3 amide bonds. The number of nitrogens with one attached hydrogen (secondary N) is 1. The van der Waals surface area contributed by atoms with Crippen molar-refractivity contribution < 1.29 is 9.59 Å². The molecule has 0 unspecified atom stereocenters. The zero-order chi connectivity index (χ0) is 7.40. The monoisotopic (exact) mass is 142 g/mol. The van der Waals surface area contributed by atoms with Gasteiger partial charge in [0, 0.05) is 13.1 Å². The number of hydrogen-bond donors (Lipinski definition) is 1. The van der Waals surface area contributed by atoms with Gasteiger partial charge in [-0.3, -0.25) is 10.1 Å². The van der Waals surface area contributed by atoms with Crippen molar-refractivity contribution in [3.8, 4) is 0 Å². The summed E-state index contributed by atoms with van der Waals surface area (Å²) in [6, 6.07) is -0.271. The molecule has 1 aliphatic heterocycles. The van der Waals surface area contributed by atoms with Crippen molar-refractivity contribution >= 4 is 12.4 Å². The molecule has 1 saturated heterocycles. The maximum Gasteiger partial charge on any atom is 0.323 e. The molecule has 0 saturated carbocycles. The van der Waals surface area contributed by atoms with Crippen molar-refractivity contribution in [2.24, 2.45) is 0 Å². The van der Waals surface area contributed by atoms with E-state index in [1.807, 2.05) is 0 Å². The van der Waals surface area contributed by atoms with Gasteiger partial charge in [0.15, 0.2) is 0 Å². The number of likely N-dealkylation sites (tertiary alicyclic amines) is 1. The molecule has 1 heterocycles. The van der Waals surface area contributed by atoms with Gasteiger partial charge < -0.3 is 4.90 Å². The third-order valence-corrected chi connectivity index (χ3v) is 1.58. The summed E-state index contributed by atoms with van der Waals surface area (Å²) in [6.07, 6.45) is 2.51. The summed E-state index contributed by atoms with van der Waals surface area (Å²) in [5, 5.41) is 2.09. The lowest BCUT2D eigenvalue weighted by Crippen LogP contribution is -2.36. The highest BCUT2D eigenvalue weighted by Gasteiger charge is 2.16. The van der Waals surface area contributed by atoms with Crippen molar-refractivity contribution in [1.29, 1.82) is 0 Å². The van der Waals surface area contributed by atoms with Crippen molar-refractivity contribution in [3.05, 3.63) is 0 Å². The largest absolute Gasteiger partial charge is 0.324 e. The van der Waals surface area contributed by atoms with Crippen molar-refractivity contribution in [2.75, 3.05) is 13.1 Å². The summed E-state index contributed by atoms with van der Waals surface area (Å²) in [6.45, 7) is 1.55. The van der Waals surface area contributed by atoms with E-state index in [4.69, 9.17) is 0 Å². The normalized spacial score (nSPS) is 17.0. The van der Waals surface area contributed by atoms with Crippen molar-refractivity contribution in [1.82, 2.24) is 10.2 Å². The van der Waals surface area contributed by atoms with E-state index in [0.29, 0.717) is 6.41 Å². The molecule has 1 aliphatic rings. The van der Waals surface area contributed by atoms with E-state index in [1.54, 1.807) is 4.90 Å². The summed E-state index contributed by atoms with van der Waals surface area (Å²) < 4.78 is 0. The van der Waals surface area contributed by atoms with Crippen LogP contribution in [0.1, 0.15) is 12.8 Å². The van der Waals surface area contributed by atoms with Crippen LogP contribution < -0.4 is 5.32 Å². The van der Waals surface area contributed by atoms with Gasteiger partial charge in [0.25, 0.3) is 0 Å². The van der Waals surface area contributed by atoms with E-state index in [9.17, 15) is 9.59 Å². The van der Waals surface area contributed by atoms with E-state index in [2.05, 4.69) is 5.32 Å². The first kappa shape index (κ1) is 7.05. The predicted molar refractivity (Wildman–Crippen MR) is 35.4 cm³/mol.